The Hall–Kier alpha value is -1.35. The van der Waals surface area contributed by atoms with E-state index in [1.165, 1.54) is 18.4 Å². The second-order valence-corrected chi connectivity index (χ2v) is 5.45. The molecule has 1 aliphatic heterocycles. The Labute approximate surface area is 115 Å². The van der Waals surface area contributed by atoms with Crippen molar-refractivity contribution in [2.45, 2.75) is 44.6 Å². The van der Waals surface area contributed by atoms with Crippen LogP contribution in [0, 0.1) is 0 Å². The molecular formula is C16H24N2O. The lowest BCUT2D eigenvalue weighted by Gasteiger charge is -2.14. The smallest absolute Gasteiger partial charge is 0.220 e. The molecule has 2 unspecified atom stereocenters. The summed E-state index contributed by atoms with van der Waals surface area (Å²) < 4.78 is 0. The van der Waals surface area contributed by atoms with E-state index >= 15 is 0 Å². The van der Waals surface area contributed by atoms with Gasteiger partial charge in [-0.25, -0.2) is 0 Å². The van der Waals surface area contributed by atoms with E-state index in [1.807, 2.05) is 18.2 Å². The van der Waals surface area contributed by atoms with E-state index in [9.17, 15) is 4.79 Å². The molecule has 104 valence electrons. The average molecular weight is 260 g/mol. The summed E-state index contributed by atoms with van der Waals surface area (Å²) in [5, 5.41) is 6.46. The molecule has 0 aromatic heterocycles. The highest BCUT2D eigenvalue weighted by atomic mass is 16.1. The molecule has 19 heavy (non-hydrogen) atoms. The molecule has 2 N–H and O–H groups in total. The van der Waals surface area contributed by atoms with Gasteiger partial charge in [0.25, 0.3) is 0 Å². The summed E-state index contributed by atoms with van der Waals surface area (Å²) in [5.74, 6) is 0.547. The lowest BCUT2D eigenvalue weighted by atomic mass is 10.0. The van der Waals surface area contributed by atoms with Crippen LogP contribution in [0.1, 0.15) is 44.1 Å². The van der Waals surface area contributed by atoms with Gasteiger partial charge < -0.3 is 10.6 Å². The van der Waals surface area contributed by atoms with Crippen molar-refractivity contribution in [1.29, 1.82) is 0 Å². The number of hydrogen-bond acceptors (Lipinski definition) is 2. The highest BCUT2D eigenvalue weighted by molar-refractivity contribution is 5.75. The molecule has 1 fully saturated rings. The monoisotopic (exact) mass is 260 g/mol. The zero-order chi connectivity index (χ0) is 13.5. The maximum Gasteiger partial charge on any atom is 0.220 e. The van der Waals surface area contributed by atoms with Gasteiger partial charge in [-0.2, -0.15) is 0 Å². The SMILES string of the molecule is CC(CNC(=O)CCC1CCCN1)c1ccccc1. The molecule has 2 atom stereocenters. The van der Waals surface area contributed by atoms with E-state index in [1.54, 1.807) is 0 Å². The van der Waals surface area contributed by atoms with E-state index in [2.05, 4.69) is 29.7 Å². The minimum Gasteiger partial charge on any atom is -0.356 e. The third-order valence-corrected chi connectivity index (χ3v) is 3.86. The third kappa shape index (κ3) is 4.67. The number of carbonyl (C=O) groups excluding carboxylic acids is 1. The predicted molar refractivity (Wildman–Crippen MR) is 78.1 cm³/mol. The van der Waals surface area contributed by atoms with Crippen molar-refractivity contribution in [3.63, 3.8) is 0 Å². The first-order chi connectivity index (χ1) is 9.25. The van der Waals surface area contributed by atoms with Gasteiger partial charge in [-0.3, -0.25) is 4.79 Å². The largest absolute Gasteiger partial charge is 0.356 e. The Bertz CT molecular complexity index is 385. The molecule has 1 saturated heterocycles. The van der Waals surface area contributed by atoms with E-state index < -0.39 is 0 Å². The summed E-state index contributed by atoms with van der Waals surface area (Å²) >= 11 is 0. The molecule has 0 bridgehead atoms. The van der Waals surface area contributed by atoms with Crippen molar-refractivity contribution in [1.82, 2.24) is 10.6 Å². The Morgan fingerprint density at radius 1 is 1.42 bits per heavy atom. The van der Waals surface area contributed by atoms with Crippen LogP contribution in [-0.2, 0) is 4.79 Å². The van der Waals surface area contributed by atoms with E-state index in [4.69, 9.17) is 0 Å². The van der Waals surface area contributed by atoms with Gasteiger partial charge in [0.05, 0.1) is 0 Å². The second kappa shape index (κ2) is 7.29. The quantitative estimate of drug-likeness (QED) is 0.825. The Balaban J connectivity index is 1.65. The minimum atomic E-state index is 0.177. The van der Waals surface area contributed by atoms with Gasteiger partial charge in [-0.15, -0.1) is 0 Å². The van der Waals surface area contributed by atoms with Crippen LogP contribution < -0.4 is 10.6 Å². The second-order valence-electron chi connectivity index (χ2n) is 5.45. The lowest BCUT2D eigenvalue weighted by molar-refractivity contribution is -0.121. The van der Waals surface area contributed by atoms with Crippen LogP contribution >= 0.6 is 0 Å². The minimum absolute atomic E-state index is 0.177. The number of hydrogen-bond donors (Lipinski definition) is 2. The highest BCUT2D eigenvalue weighted by Crippen LogP contribution is 2.14. The molecule has 1 heterocycles. The third-order valence-electron chi connectivity index (χ3n) is 3.86. The average Bonchev–Trinajstić information content (AvgIpc) is 2.96. The van der Waals surface area contributed by atoms with Crippen molar-refractivity contribution in [3.8, 4) is 0 Å². The first kappa shape index (κ1) is 14.1. The number of amides is 1. The summed E-state index contributed by atoms with van der Waals surface area (Å²) in [5.41, 5.74) is 1.28. The summed E-state index contributed by atoms with van der Waals surface area (Å²) in [6, 6.07) is 10.9. The standard InChI is InChI=1S/C16H24N2O/c1-13(14-6-3-2-4-7-14)12-18-16(19)10-9-15-8-5-11-17-15/h2-4,6-7,13,15,17H,5,8-12H2,1H3,(H,18,19). The van der Waals surface area contributed by atoms with Crippen LogP contribution in [0.15, 0.2) is 30.3 Å². The lowest BCUT2D eigenvalue weighted by Crippen LogP contribution is -2.29. The molecule has 0 aliphatic carbocycles. The van der Waals surface area contributed by atoms with Gasteiger partial charge in [0, 0.05) is 19.0 Å². The Kier molecular flexibility index (Phi) is 5.40. The molecule has 2 rings (SSSR count). The maximum atomic E-state index is 11.8. The summed E-state index contributed by atoms with van der Waals surface area (Å²) in [6.45, 7) is 3.98. The van der Waals surface area contributed by atoms with Crippen molar-refractivity contribution in [3.05, 3.63) is 35.9 Å². The summed E-state index contributed by atoms with van der Waals surface area (Å²) in [7, 11) is 0. The van der Waals surface area contributed by atoms with Gasteiger partial charge in [-0.05, 0) is 37.3 Å². The first-order valence-corrected chi connectivity index (χ1v) is 7.30. The fourth-order valence-electron chi connectivity index (χ4n) is 2.56. The molecule has 1 amide bonds. The van der Waals surface area contributed by atoms with Gasteiger partial charge in [-0.1, -0.05) is 37.3 Å². The molecule has 3 heteroatoms. The normalized spacial score (nSPS) is 20.2. The Morgan fingerprint density at radius 2 is 2.21 bits per heavy atom. The van der Waals surface area contributed by atoms with Crippen molar-refractivity contribution >= 4 is 5.91 Å². The highest BCUT2D eigenvalue weighted by Gasteiger charge is 2.15. The molecule has 1 aromatic carbocycles. The number of benzene rings is 1. The van der Waals surface area contributed by atoms with E-state index in [0.717, 1.165) is 19.5 Å². The Morgan fingerprint density at radius 3 is 2.89 bits per heavy atom. The molecule has 0 spiro atoms. The predicted octanol–water partition coefficient (Wildman–Crippen LogP) is 2.44. The molecule has 1 aromatic rings. The van der Waals surface area contributed by atoms with Crippen LogP contribution in [0.3, 0.4) is 0 Å². The van der Waals surface area contributed by atoms with Crippen LogP contribution in [0.25, 0.3) is 0 Å². The molecule has 3 nitrogen and oxygen atoms in total. The van der Waals surface area contributed by atoms with Crippen molar-refractivity contribution in [2.24, 2.45) is 0 Å². The van der Waals surface area contributed by atoms with Gasteiger partial charge in [0.1, 0.15) is 0 Å². The first-order valence-electron chi connectivity index (χ1n) is 7.30. The molecule has 0 saturated carbocycles. The zero-order valence-electron chi connectivity index (χ0n) is 11.7. The van der Waals surface area contributed by atoms with Gasteiger partial charge in [0.2, 0.25) is 5.91 Å². The summed E-state index contributed by atoms with van der Waals surface area (Å²) in [6.07, 6.45) is 4.07. The number of carbonyl (C=O) groups is 1. The fraction of sp³-hybridized carbons (Fsp3) is 0.562. The number of nitrogens with one attached hydrogen (secondary N) is 2. The van der Waals surface area contributed by atoms with Crippen LogP contribution in [0.5, 0.6) is 0 Å². The van der Waals surface area contributed by atoms with Crippen LogP contribution in [-0.4, -0.2) is 25.0 Å². The van der Waals surface area contributed by atoms with E-state index in [-0.39, 0.29) is 5.91 Å². The van der Waals surface area contributed by atoms with E-state index in [0.29, 0.717) is 18.4 Å². The van der Waals surface area contributed by atoms with Crippen molar-refractivity contribution < 1.29 is 4.79 Å². The van der Waals surface area contributed by atoms with Gasteiger partial charge in [0.15, 0.2) is 0 Å². The van der Waals surface area contributed by atoms with Crippen LogP contribution in [0.4, 0.5) is 0 Å². The topological polar surface area (TPSA) is 41.1 Å². The van der Waals surface area contributed by atoms with Gasteiger partial charge >= 0.3 is 0 Å². The molecular weight excluding hydrogens is 236 g/mol. The maximum absolute atomic E-state index is 11.8. The number of rotatable bonds is 6. The fourth-order valence-corrected chi connectivity index (χ4v) is 2.56. The molecule has 1 aliphatic rings. The van der Waals surface area contributed by atoms with Crippen LogP contribution in [0.2, 0.25) is 0 Å². The molecule has 0 radical (unpaired) electrons. The zero-order valence-corrected chi connectivity index (χ0v) is 11.7. The van der Waals surface area contributed by atoms with Crippen molar-refractivity contribution in [2.75, 3.05) is 13.1 Å². The summed E-state index contributed by atoms with van der Waals surface area (Å²) in [4.78, 5) is 11.8.